The molecule has 0 aromatic carbocycles. The molecule has 32 heavy (non-hydrogen) atoms. The highest BCUT2D eigenvalue weighted by atomic mass is 16.6. The van der Waals surface area contributed by atoms with E-state index in [1.54, 1.807) is 18.1 Å². The van der Waals surface area contributed by atoms with Crippen LogP contribution in [0.1, 0.15) is 45.5 Å². The van der Waals surface area contributed by atoms with Gasteiger partial charge in [-0.2, -0.15) is 5.10 Å². The van der Waals surface area contributed by atoms with Crippen LogP contribution in [0.15, 0.2) is 16.2 Å². The second kappa shape index (κ2) is 9.13. The van der Waals surface area contributed by atoms with E-state index >= 15 is 0 Å². The third-order valence-corrected chi connectivity index (χ3v) is 5.34. The summed E-state index contributed by atoms with van der Waals surface area (Å²) in [7, 11) is 3.53. The van der Waals surface area contributed by atoms with E-state index < -0.39 is 5.60 Å². The van der Waals surface area contributed by atoms with Gasteiger partial charge < -0.3 is 18.9 Å². The maximum absolute atomic E-state index is 12.4. The molecule has 0 aliphatic carbocycles. The molecule has 0 unspecified atom stereocenters. The third kappa shape index (κ3) is 4.68. The molecule has 1 aliphatic rings. The van der Waals surface area contributed by atoms with E-state index in [-0.39, 0.29) is 12.2 Å². The Labute approximate surface area is 189 Å². The van der Waals surface area contributed by atoms with Gasteiger partial charge >= 0.3 is 6.09 Å². The Morgan fingerprint density at radius 2 is 2.09 bits per heavy atom. The van der Waals surface area contributed by atoms with Crippen LogP contribution in [-0.2, 0) is 23.1 Å². The zero-order chi connectivity index (χ0) is 23.6. The fourth-order valence-corrected chi connectivity index (χ4v) is 3.73. The van der Waals surface area contributed by atoms with E-state index in [1.807, 2.05) is 50.9 Å². The molecule has 0 radical (unpaired) electrons. The van der Waals surface area contributed by atoms with Crippen LogP contribution >= 0.6 is 0 Å². The van der Waals surface area contributed by atoms with E-state index in [9.17, 15) is 4.79 Å². The smallest absolute Gasteiger partial charge is 0.410 e. The zero-order valence-corrected chi connectivity index (χ0v) is 20.0. The van der Waals surface area contributed by atoms with Crippen LogP contribution in [0, 0.1) is 6.92 Å². The fraction of sp³-hybridized carbons (Fsp3) is 0.591. The molecule has 0 spiro atoms. The number of carbonyl (C=O) groups excluding carboxylic acids is 1. The second-order valence-electron chi connectivity index (χ2n) is 8.77. The van der Waals surface area contributed by atoms with E-state index in [0.29, 0.717) is 42.7 Å². The number of aliphatic imine (C=N–C) groups is 2. The highest BCUT2D eigenvalue weighted by Crippen LogP contribution is 2.30. The van der Waals surface area contributed by atoms with Gasteiger partial charge in [-0.3, -0.25) is 9.67 Å². The predicted octanol–water partition coefficient (Wildman–Crippen LogP) is 3.35. The van der Waals surface area contributed by atoms with Gasteiger partial charge in [-0.15, -0.1) is 0 Å². The topological polar surface area (TPSA) is 99.1 Å². The Hall–Kier alpha value is -3.17. The quantitative estimate of drug-likeness (QED) is 0.521. The van der Waals surface area contributed by atoms with Crippen molar-refractivity contribution in [1.29, 1.82) is 0 Å². The van der Waals surface area contributed by atoms with Gasteiger partial charge in [-0.1, -0.05) is 0 Å². The first-order valence-electron chi connectivity index (χ1n) is 10.8. The van der Waals surface area contributed by atoms with Gasteiger partial charge in [0.15, 0.2) is 11.5 Å². The van der Waals surface area contributed by atoms with Gasteiger partial charge in [-0.05, 0) is 41.3 Å². The summed E-state index contributed by atoms with van der Waals surface area (Å²) in [6.45, 7) is 15.1. The Bertz CT molecular complexity index is 1030. The van der Waals surface area contributed by atoms with Crippen molar-refractivity contribution in [2.45, 2.75) is 59.3 Å². The van der Waals surface area contributed by atoms with Gasteiger partial charge in [0, 0.05) is 39.3 Å². The lowest BCUT2D eigenvalue weighted by Crippen LogP contribution is -2.36. The summed E-state index contributed by atoms with van der Waals surface area (Å²) in [4.78, 5) is 27.3. The zero-order valence-electron chi connectivity index (χ0n) is 20.0. The molecule has 1 fully saturated rings. The van der Waals surface area contributed by atoms with Gasteiger partial charge in [0.25, 0.3) is 0 Å². The summed E-state index contributed by atoms with van der Waals surface area (Å²) in [5, 5.41) is 4.42. The number of hydrogen-bond donors (Lipinski definition) is 0. The second-order valence-corrected chi connectivity index (χ2v) is 8.77. The molecule has 3 rings (SSSR count). The van der Waals surface area contributed by atoms with Crippen LogP contribution in [-0.4, -0.2) is 74.8 Å². The number of carbonyl (C=O) groups is 1. The molecule has 0 saturated carbocycles. The average Bonchev–Trinajstić information content (AvgIpc) is 3.42. The van der Waals surface area contributed by atoms with Crippen molar-refractivity contribution in [2.75, 3.05) is 20.1 Å². The highest BCUT2D eigenvalue weighted by molar-refractivity contribution is 5.97. The number of aromatic nitrogens is 4. The lowest BCUT2D eigenvalue weighted by atomic mass is 10.2. The Kier molecular flexibility index (Phi) is 6.71. The number of aryl methyl sites for hydroxylation is 1. The van der Waals surface area contributed by atoms with Gasteiger partial charge in [0.1, 0.15) is 17.5 Å². The lowest BCUT2D eigenvalue weighted by Gasteiger charge is -2.24. The van der Waals surface area contributed by atoms with Crippen molar-refractivity contribution in [3.8, 4) is 11.4 Å². The van der Waals surface area contributed by atoms with Crippen LogP contribution in [0.4, 0.5) is 10.6 Å². The molecule has 174 valence electrons. The van der Waals surface area contributed by atoms with Gasteiger partial charge in [-0.25, -0.2) is 14.8 Å². The largest absolute Gasteiger partial charge is 0.471 e. The summed E-state index contributed by atoms with van der Waals surface area (Å²) >= 11 is 0. The Morgan fingerprint density at radius 3 is 2.66 bits per heavy atom. The van der Waals surface area contributed by atoms with E-state index in [0.717, 1.165) is 17.8 Å². The molecule has 10 nitrogen and oxygen atoms in total. The van der Waals surface area contributed by atoms with Crippen LogP contribution in [0.2, 0.25) is 0 Å². The van der Waals surface area contributed by atoms with Gasteiger partial charge in [0.2, 0.25) is 5.90 Å². The van der Waals surface area contributed by atoms with Crippen LogP contribution in [0.5, 0.6) is 0 Å². The van der Waals surface area contributed by atoms with Crippen LogP contribution in [0.25, 0.3) is 11.4 Å². The minimum Gasteiger partial charge on any atom is -0.471 e. The molecule has 2 aromatic heterocycles. The molecule has 1 atom stereocenters. The van der Waals surface area contributed by atoms with Crippen molar-refractivity contribution in [3.05, 3.63) is 17.6 Å². The Balaban J connectivity index is 1.82. The van der Waals surface area contributed by atoms with Crippen molar-refractivity contribution >= 4 is 24.5 Å². The van der Waals surface area contributed by atoms with E-state index in [1.165, 1.54) is 0 Å². The van der Waals surface area contributed by atoms with Crippen molar-refractivity contribution in [3.63, 3.8) is 0 Å². The first-order chi connectivity index (χ1) is 15.1. The summed E-state index contributed by atoms with van der Waals surface area (Å²) in [5.74, 6) is 1.64. The summed E-state index contributed by atoms with van der Waals surface area (Å²) in [6, 6.07) is 0. The van der Waals surface area contributed by atoms with Crippen LogP contribution < -0.4 is 0 Å². The summed E-state index contributed by atoms with van der Waals surface area (Å²) < 4.78 is 15.4. The summed E-state index contributed by atoms with van der Waals surface area (Å²) in [6.07, 6.45) is 1.93. The Morgan fingerprint density at radius 1 is 1.38 bits per heavy atom. The molecule has 2 aromatic rings. The SMILES string of the molecule is C=Nc1c(/C(=N\C)O[C@H]2CCN(C(=O)OC(C)(C)C)C2)nc(-c2cnn(CC)c2C)n1C. The monoisotopic (exact) mass is 443 g/mol. The number of likely N-dealkylation sites (tertiary alicyclic amines) is 1. The van der Waals surface area contributed by atoms with E-state index in [4.69, 9.17) is 14.5 Å². The van der Waals surface area contributed by atoms with Gasteiger partial charge in [0.05, 0.1) is 18.3 Å². The molecular weight excluding hydrogens is 410 g/mol. The predicted molar refractivity (Wildman–Crippen MR) is 124 cm³/mol. The molecule has 1 saturated heterocycles. The third-order valence-electron chi connectivity index (χ3n) is 5.34. The normalized spacial score (nSPS) is 17.0. The maximum atomic E-state index is 12.4. The fourth-order valence-electron chi connectivity index (χ4n) is 3.73. The molecule has 1 amide bonds. The maximum Gasteiger partial charge on any atom is 0.410 e. The summed E-state index contributed by atoms with van der Waals surface area (Å²) in [5.41, 5.74) is 1.91. The highest BCUT2D eigenvalue weighted by Gasteiger charge is 2.33. The van der Waals surface area contributed by atoms with Crippen molar-refractivity contribution in [1.82, 2.24) is 24.2 Å². The minimum atomic E-state index is -0.537. The average molecular weight is 444 g/mol. The molecule has 0 bridgehead atoms. The first-order valence-corrected chi connectivity index (χ1v) is 10.8. The number of hydrogen-bond acceptors (Lipinski definition) is 7. The number of imidazole rings is 1. The number of rotatable bonds is 5. The molecule has 10 heteroatoms. The molecule has 0 N–H and O–H groups in total. The number of ether oxygens (including phenoxy) is 2. The number of nitrogens with zero attached hydrogens (tertiary/aromatic N) is 7. The first kappa shape index (κ1) is 23.5. The van der Waals surface area contributed by atoms with Crippen molar-refractivity contribution < 1.29 is 14.3 Å². The molecular formula is C22H33N7O3. The standard InChI is InChI=1S/C22H33N7O3/c1-9-29-14(2)16(12-25-29)18-26-17(19(23-6)27(18)8)20(24-7)31-15-10-11-28(13-15)21(30)32-22(3,4)5/h12,15H,6,9-11,13H2,1-5,7-8H3/b24-20+/t15-/m0/s1. The lowest BCUT2D eigenvalue weighted by molar-refractivity contribution is 0.0273. The molecule has 1 aliphatic heterocycles. The van der Waals surface area contributed by atoms with Crippen molar-refractivity contribution in [2.24, 2.45) is 17.0 Å². The minimum absolute atomic E-state index is 0.214. The number of amides is 1. The van der Waals surface area contributed by atoms with Crippen LogP contribution in [0.3, 0.4) is 0 Å². The van der Waals surface area contributed by atoms with E-state index in [2.05, 4.69) is 21.8 Å². The molecule has 3 heterocycles.